The lowest BCUT2D eigenvalue weighted by atomic mass is 10.0. The summed E-state index contributed by atoms with van der Waals surface area (Å²) in [5.41, 5.74) is 3.45. The van der Waals surface area contributed by atoms with E-state index in [0.29, 0.717) is 54.7 Å². The lowest BCUT2D eigenvalue weighted by Crippen LogP contribution is -2.40. The van der Waals surface area contributed by atoms with Crippen LogP contribution in [0.4, 0.5) is 0 Å². The van der Waals surface area contributed by atoms with Gasteiger partial charge >= 0.3 is 5.97 Å². The number of carbonyl (C=O) groups excluding carboxylic acids is 1. The van der Waals surface area contributed by atoms with Gasteiger partial charge in [0.25, 0.3) is 0 Å². The van der Waals surface area contributed by atoms with E-state index in [2.05, 4.69) is 27.2 Å². The van der Waals surface area contributed by atoms with Gasteiger partial charge in [0.15, 0.2) is 5.60 Å². The Balaban J connectivity index is 1.58. The topological polar surface area (TPSA) is 104 Å². The highest BCUT2D eigenvalue weighted by molar-refractivity contribution is 6.30. The maximum atomic E-state index is 12.4. The number of nitrogens with zero attached hydrogens (tertiary/aromatic N) is 4. The predicted octanol–water partition coefficient (Wildman–Crippen LogP) is 6.53. The van der Waals surface area contributed by atoms with Gasteiger partial charge in [-0.05, 0) is 82.5 Å². The molecule has 0 spiro atoms. The Bertz CT molecular complexity index is 1450. The summed E-state index contributed by atoms with van der Waals surface area (Å²) in [6.07, 6.45) is 0. The van der Waals surface area contributed by atoms with Gasteiger partial charge in [-0.2, -0.15) is 0 Å². The number of aryl methyl sites for hydroxylation is 4. The third-order valence-corrected chi connectivity index (χ3v) is 6.59. The number of rotatable bonds is 11. The number of halogens is 1. The van der Waals surface area contributed by atoms with Crippen LogP contribution < -0.4 is 4.74 Å². The van der Waals surface area contributed by atoms with Crippen LogP contribution >= 0.6 is 11.6 Å². The maximum absolute atomic E-state index is 12.4. The van der Waals surface area contributed by atoms with Crippen molar-refractivity contribution >= 4 is 17.6 Å². The van der Waals surface area contributed by atoms with Crippen molar-refractivity contribution in [1.82, 2.24) is 20.1 Å². The fraction of sp³-hybridized carbons (Fsp3) is 0.400. The van der Waals surface area contributed by atoms with Gasteiger partial charge in [0.1, 0.15) is 11.5 Å². The fourth-order valence-corrected chi connectivity index (χ4v) is 4.54. The van der Waals surface area contributed by atoms with Crippen LogP contribution in [0.3, 0.4) is 0 Å². The van der Waals surface area contributed by atoms with E-state index in [1.54, 1.807) is 27.7 Å². The Kier molecular flexibility index (Phi) is 8.95. The predicted molar refractivity (Wildman–Crippen MR) is 151 cm³/mol. The number of ether oxygens (including phenoxy) is 2. The quantitative estimate of drug-likeness (QED) is 0.187. The van der Waals surface area contributed by atoms with Crippen molar-refractivity contribution in [1.29, 1.82) is 0 Å². The van der Waals surface area contributed by atoms with Gasteiger partial charge in [0.05, 0.1) is 18.8 Å². The largest absolute Gasteiger partial charge is 0.476 e. The second kappa shape index (κ2) is 12.2. The first-order chi connectivity index (χ1) is 18.9. The van der Waals surface area contributed by atoms with E-state index in [-0.39, 0.29) is 0 Å². The summed E-state index contributed by atoms with van der Waals surface area (Å²) in [5.74, 6) is 2.56. The number of benzene rings is 2. The van der Waals surface area contributed by atoms with Crippen LogP contribution in [0.25, 0.3) is 11.5 Å². The van der Waals surface area contributed by atoms with Crippen LogP contribution in [0.15, 0.2) is 45.2 Å². The molecule has 0 fully saturated rings. The van der Waals surface area contributed by atoms with Gasteiger partial charge in [-0.3, -0.25) is 4.90 Å². The van der Waals surface area contributed by atoms with Crippen molar-refractivity contribution < 1.29 is 23.1 Å². The molecule has 0 saturated heterocycles. The molecule has 2 heterocycles. The molecule has 0 amide bonds. The molecule has 0 atom stereocenters. The van der Waals surface area contributed by atoms with E-state index in [4.69, 9.17) is 34.9 Å². The highest BCUT2D eigenvalue weighted by Gasteiger charge is 2.32. The average Bonchev–Trinajstić information content (AvgIpc) is 3.46. The van der Waals surface area contributed by atoms with E-state index in [0.717, 1.165) is 33.7 Å². The summed E-state index contributed by atoms with van der Waals surface area (Å²) in [6, 6.07) is 11.5. The second-order valence-electron chi connectivity index (χ2n) is 10.3. The Morgan fingerprint density at radius 1 is 0.975 bits per heavy atom. The van der Waals surface area contributed by atoms with Crippen molar-refractivity contribution in [2.45, 2.75) is 73.7 Å². The van der Waals surface area contributed by atoms with Crippen LogP contribution in [0, 0.1) is 27.7 Å². The van der Waals surface area contributed by atoms with Crippen molar-refractivity contribution in [2.75, 3.05) is 6.61 Å². The first-order valence-electron chi connectivity index (χ1n) is 13.1. The third kappa shape index (κ3) is 7.08. The third-order valence-electron chi connectivity index (χ3n) is 6.33. The minimum Gasteiger partial charge on any atom is -0.476 e. The van der Waals surface area contributed by atoms with Gasteiger partial charge in [-0.25, -0.2) is 9.78 Å². The summed E-state index contributed by atoms with van der Waals surface area (Å²) < 4.78 is 23.0. The summed E-state index contributed by atoms with van der Waals surface area (Å²) in [5, 5.41) is 8.83. The van der Waals surface area contributed by atoms with Crippen LogP contribution in [0.1, 0.15) is 60.7 Å². The number of carbonyl (C=O) groups is 1. The molecule has 0 bridgehead atoms. The Hall–Kier alpha value is -3.69. The van der Waals surface area contributed by atoms with E-state index in [1.807, 2.05) is 45.0 Å². The molecule has 2 aromatic carbocycles. The minimum absolute atomic E-state index is 0.296. The minimum atomic E-state index is -1.11. The maximum Gasteiger partial charge on any atom is 0.349 e. The van der Waals surface area contributed by atoms with E-state index >= 15 is 0 Å². The molecule has 0 unspecified atom stereocenters. The average molecular weight is 567 g/mol. The molecule has 0 radical (unpaired) electrons. The molecule has 0 aliphatic heterocycles. The van der Waals surface area contributed by atoms with Crippen LogP contribution in [0.2, 0.25) is 5.02 Å². The molecule has 0 aliphatic carbocycles. The molecule has 0 aliphatic rings. The first-order valence-corrected chi connectivity index (χ1v) is 13.5. The summed E-state index contributed by atoms with van der Waals surface area (Å²) >= 11 is 6.04. The zero-order valence-corrected chi connectivity index (χ0v) is 24.8. The van der Waals surface area contributed by atoms with Crippen molar-refractivity contribution in [3.63, 3.8) is 0 Å². The lowest BCUT2D eigenvalue weighted by molar-refractivity contribution is -0.158. The molecule has 10 heteroatoms. The number of hydrogen-bond donors (Lipinski definition) is 0. The zero-order chi connectivity index (χ0) is 29.0. The van der Waals surface area contributed by atoms with Gasteiger partial charge in [-0.1, -0.05) is 23.7 Å². The van der Waals surface area contributed by atoms with E-state index < -0.39 is 11.6 Å². The highest BCUT2D eigenvalue weighted by atomic mass is 35.5. The Labute approximate surface area is 239 Å². The standard InChI is InChI=1S/C30H35ClN4O5/c1-8-37-29(36)30(6,7)40-27-18(2)13-22(14-19(27)3)15-35(17-26-34-33-21(5)39-26)16-25-20(4)38-28(32-25)23-9-11-24(31)12-10-23/h9-14H,8,15-17H2,1-7H3. The van der Waals surface area contributed by atoms with E-state index in [9.17, 15) is 4.79 Å². The molecular weight excluding hydrogens is 532 g/mol. The summed E-state index contributed by atoms with van der Waals surface area (Å²) in [6.45, 7) is 14.6. The van der Waals surface area contributed by atoms with E-state index in [1.165, 1.54) is 0 Å². The zero-order valence-electron chi connectivity index (χ0n) is 24.0. The SMILES string of the molecule is CCOC(=O)C(C)(C)Oc1c(C)cc(CN(Cc2nnc(C)o2)Cc2nc(-c3ccc(Cl)cc3)oc2C)cc1C. The molecule has 212 valence electrons. The normalized spacial score (nSPS) is 11.7. The van der Waals surface area contributed by atoms with Crippen molar-refractivity contribution in [3.05, 3.63) is 81.3 Å². The number of esters is 1. The smallest absolute Gasteiger partial charge is 0.349 e. The highest BCUT2D eigenvalue weighted by Crippen LogP contribution is 2.30. The Morgan fingerprint density at radius 2 is 1.65 bits per heavy atom. The van der Waals surface area contributed by atoms with Crippen LogP contribution in [-0.4, -0.2) is 38.3 Å². The molecule has 2 aromatic heterocycles. The van der Waals surface area contributed by atoms with Gasteiger partial charge < -0.3 is 18.3 Å². The molecule has 0 N–H and O–H groups in total. The molecule has 9 nitrogen and oxygen atoms in total. The summed E-state index contributed by atoms with van der Waals surface area (Å²) in [7, 11) is 0. The van der Waals surface area contributed by atoms with Gasteiger partial charge in [0.2, 0.25) is 17.7 Å². The molecule has 4 rings (SSSR count). The fourth-order valence-electron chi connectivity index (χ4n) is 4.42. The first kappa shape index (κ1) is 29.3. The second-order valence-corrected chi connectivity index (χ2v) is 10.7. The van der Waals surface area contributed by atoms with Crippen LogP contribution in [-0.2, 0) is 29.2 Å². The van der Waals surface area contributed by atoms with Gasteiger partial charge in [0, 0.05) is 30.6 Å². The lowest BCUT2D eigenvalue weighted by Gasteiger charge is -2.27. The number of hydrogen-bond acceptors (Lipinski definition) is 9. The van der Waals surface area contributed by atoms with Crippen LogP contribution in [0.5, 0.6) is 5.75 Å². The summed E-state index contributed by atoms with van der Waals surface area (Å²) in [4.78, 5) is 19.3. The number of aromatic nitrogens is 3. The number of oxazole rings is 1. The molecule has 4 aromatic rings. The Morgan fingerprint density at radius 3 is 2.25 bits per heavy atom. The molecule has 0 saturated carbocycles. The van der Waals surface area contributed by atoms with Crippen molar-refractivity contribution in [3.8, 4) is 17.2 Å². The molecule has 40 heavy (non-hydrogen) atoms. The van der Waals surface area contributed by atoms with Gasteiger partial charge in [-0.15, -0.1) is 10.2 Å². The van der Waals surface area contributed by atoms with Crippen molar-refractivity contribution in [2.24, 2.45) is 0 Å². The monoisotopic (exact) mass is 566 g/mol. The molecular formula is C30H35ClN4O5.